The van der Waals surface area contributed by atoms with E-state index >= 15 is 0 Å². The Morgan fingerprint density at radius 1 is 1.26 bits per heavy atom. The minimum atomic E-state index is -3.42. The molecule has 0 fully saturated rings. The molecule has 1 aliphatic rings. The van der Waals surface area contributed by atoms with E-state index in [4.69, 9.17) is 4.43 Å². The van der Waals surface area contributed by atoms with Crippen molar-refractivity contribution in [3.05, 3.63) is 28.8 Å². The van der Waals surface area contributed by atoms with Gasteiger partial charge < -0.3 is 4.43 Å². The van der Waals surface area contributed by atoms with Crippen molar-refractivity contribution in [2.45, 2.75) is 69.4 Å². The van der Waals surface area contributed by atoms with Crippen LogP contribution in [0.1, 0.15) is 43.6 Å². The number of rotatable bonds is 3. The van der Waals surface area contributed by atoms with Crippen molar-refractivity contribution in [2.24, 2.45) is 0 Å². The third kappa shape index (κ3) is 3.39. The van der Waals surface area contributed by atoms with Gasteiger partial charge in [-0.05, 0) is 42.2 Å². The Labute approximate surface area is 140 Å². The van der Waals surface area contributed by atoms with Crippen LogP contribution >= 0.6 is 0 Å². The van der Waals surface area contributed by atoms with E-state index < -0.39 is 30.4 Å². The average Bonchev–Trinajstić information content (AvgIpc) is 2.65. The molecule has 0 amide bonds. The van der Waals surface area contributed by atoms with E-state index in [1.807, 2.05) is 6.92 Å². The summed E-state index contributed by atoms with van der Waals surface area (Å²) in [4.78, 5) is 0.210. The normalized spacial score (nSPS) is 22.3. The van der Waals surface area contributed by atoms with Crippen LogP contribution < -0.4 is 0 Å². The van der Waals surface area contributed by atoms with E-state index in [1.165, 1.54) is 6.26 Å². The quantitative estimate of drug-likeness (QED) is 0.754. The Balaban J connectivity index is 2.58. The summed E-state index contributed by atoms with van der Waals surface area (Å²) < 4.78 is 45.3. The monoisotopic (exact) mass is 358 g/mol. The molecule has 23 heavy (non-hydrogen) atoms. The first-order chi connectivity index (χ1) is 10.3. The standard InChI is InChI=1S/C17H27FO3SSi/c1-11-8-9-14(22(5,19)20)15-12(11)10-13(18)16(15)21-23(6,7)17(2,3)4/h8-9,13,16H,10H2,1-7H3/t13-,16-/m1/s1. The summed E-state index contributed by atoms with van der Waals surface area (Å²) >= 11 is 0. The van der Waals surface area contributed by atoms with Gasteiger partial charge in [-0.2, -0.15) is 0 Å². The van der Waals surface area contributed by atoms with Gasteiger partial charge >= 0.3 is 0 Å². The summed E-state index contributed by atoms with van der Waals surface area (Å²) in [5, 5.41) is -0.0649. The molecule has 1 aliphatic carbocycles. The number of halogens is 1. The van der Waals surface area contributed by atoms with Gasteiger partial charge in [0.1, 0.15) is 12.3 Å². The van der Waals surface area contributed by atoms with Crippen LogP contribution in [0.5, 0.6) is 0 Å². The summed E-state index contributed by atoms with van der Waals surface area (Å²) in [6.07, 6.45) is -0.576. The predicted octanol–water partition coefficient (Wildman–Crippen LogP) is 4.36. The second kappa shape index (κ2) is 5.67. The number of aryl methyl sites for hydroxylation is 1. The van der Waals surface area contributed by atoms with Crippen molar-refractivity contribution >= 4 is 18.2 Å². The fourth-order valence-corrected chi connectivity index (χ4v) is 4.98. The van der Waals surface area contributed by atoms with Crippen molar-refractivity contribution in [3.8, 4) is 0 Å². The Hall–Kier alpha value is -0.723. The second-order valence-corrected chi connectivity index (χ2v) is 14.8. The van der Waals surface area contributed by atoms with Crippen molar-refractivity contribution in [1.29, 1.82) is 0 Å². The summed E-state index contributed by atoms with van der Waals surface area (Å²) in [6, 6.07) is 3.35. The van der Waals surface area contributed by atoms with Crippen LogP contribution in [-0.4, -0.2) is 29.2 Å². The molecule has 0 radical (unpaired) electrons. The van der Waals surface area contributed by atoms with E-state index in [9.17, 15) is 12.8 Å². The van der Waals surface area contributed by atoms with Gasteiger partial charge in [-0.3, -0.25) is 0 Å². The van der Waals surface area contributed by atoms with Gasteiger partial charge in [0, 0.05) is 18.2 Å². The van der Waals surface area contributed by atoms with Crippen LogP contribution in [0, 0.1) is 6.92 Å². The summed E-state index contributed by atoms with van der Waals surface area (Å²) in [5.41, 5.74) is 2.27. The van der Waals surface area contributed by atoms with Gasteiger partial charge in [0.15, 0.2) is 18.2 Å². The minimum Gasteiger partial charge on any atom is -0.407 e. The van der Waals surface area contributed by atoms with Crippen molar-refractivity contribution in [3.63, 3.8) is 0 Å². The molecule has 1 aromatic rings. The van der Waals surface area contributed by atoms with Crippen LogP contribution in [0.3, 0.4) is 0 Å². The zero-order chi connectivity index (χ0) is 17.8. The highest BCUT2D eigenvalue weighted by Crippen LogP contribution is 2.47. The predicted molar refractivity (Wildman–Crippen MR) is 93.9 cm³/mol. The number of benzene rings is 1. The smallest absolute Gasteiger partial charge is 0.193 e. The number of alkyl halides is 1. The topological polar surface area (TPSA) is 43.4 Å². The lowest BCUT2D eigenvalue weighted by Crippen LogP contribution is -2.43. The first-order valence-corrected chi connectivity index (χ1v) is 12.7. The van der Waals surface area contributed by atoms with Gasteiger partial charge in [0.05, 0.1) is 4.90 Å². The molecule has 1 aromatic carbocycles. The van der Waals surface area contributed by atoms with Gasteiger partial charge in [-0.25, -0.2) is 12.8 Å². The molecule has 2 rings (SSSR count). The highest BCUT2D eigenvalue weighted by atomic mass is 32.2. The fourth-order valence-electron chi connectivity index (χ4n) is 2.77. The maximum Gasteiger partial charge on any atom is 0.193 e. The number of hydrogen-bond acceptors (Lipinski definition) is 3. The molecule has 0 N–H and O–H groups in total. The molecule has 0 spiro atoms. The first kappa shape index (κ1) is 18.6. The molecule has 0 aromatic heterocycles. The molecule has 0 saturated heterocycles. The summed E-state index contributed by atoms with van der Waals surface area (Å²) in [5.74, 6) is 0. The van der Waals surface area contributed by atoms with Crippen LogP contribution in [0.15, 0.2) is 17.0 Å². The number of sulfone groups is 1. The van der Waals surface area contributed by atoms with Crippen LogP contribution in [0.2, 0.25) is 18.1 Å². The summed E-state index contributed by atoms with van der Waals surface area (Å²) in [6.45, 7) is 12.3. The van der Waals surface area contributed by atoms with Crippen molar-refractivity contribution < 1.29 is 17.2 Å². The summed E-state index contributed by atoms with van der Waals surface area (Å²) in [7, 11) is -5.64. The molecule has 0 saturated carbocycles. The third-order valence-electron chi connectivity index (χ3n) is 5.19. The largest absolute Gasteiger partial charge is 0.407 e. The lowest BCUT2D eigenvalue weighted by molar-refractivity contribution is 0.0991. The zero-order valence-electron chi connectivity index (χ0n) is 15.0. The zero-order valence-corrected chi connectivity index (χ0v) is 16.8. The molecule has 130 valence electrons. The van der Waals surface area contributed by atoms with Crippen molar-refractivity contribution in [2.75, 3.05) is 6.26 Å². The third-order valence-corrected chi connectivity index (χ3v) is 10.8. The molecule has 0 aliphatic heterocycles. The van der Waals surface area contributed by atoms with E-state index in [-0.39, 0.29) is 16.4 Å². The SMILES string of the molecule is Cc1ccc(S(C)(=O)=O)c2c1C[C@@H](F)[C@H]2O[Si](C)(C)C(C)(C)C. The maximum absolute atomic E-state index is 14.7. The molecule has 0 heterocycles. The van der Waals surface area contributed by atoms with E-state index in [1.54, 1.807) is 12.1 Å². The Morgan fingerprint density at radius 2 is 1.83 bits per heavy atom. The van der Waals surface area contributed by atoms with E-state index in [2.05, 4.69) is 33.9 Å². The number of fused-ring (bicyclic) bond motifs is 1. The molecule has 0 unspecified atom stereocenters. The first-order valence-electron chi connectivity index (χ1n) is 7.90. The Morgan fingerprint density at radius 3 is 2.30 bits per heavy atom. The van der Waals surface area contributed by atoms with Gasteiger partial charge in [0.2, 0.25) is 0 Å². The second-order valence-electron chi connectivity index (χ2n) is 8.06. The van der Waals surface area contributed by atoms with E-state index in [0.717, 1.165) is 11.1 Å². The molecule has 3 nitrogen and oxygen atoms in total. The minimum absolute atomic E-state index is 0.0649. The van der Waals surface area contributed by atoms with Gasteiger partial charge in [-0.15, -0.1) is 0 Å². The average molecular weight is 359 g/mol. The molecular formula is C17H27FO3SSi. The lowest BCUT2D eigenvalue weighted by Gasteiger charge is -2.39. The van der Waals surface area contributed by atoms with Gasteiger partial charge in [-0.1, -0.05) is 26.8 Å². The molecule has 0 bridgehead atoms. The van der Waals surface area contributed by atoms with Crippen LogP contribution in [0.4, 0.5) is 4.39 Å². The molecule has 6 heteroatoms. The van der Waals surface area contributed by atoms with Crippen LogP contribution in [-0.2, 0) is 20.7 Å². The Bertz CT molecular complexity index is 720. The highest BCUT2D eigenvalue weighted by Gasteiger charge is 2.45. The maximum atomic E-state index is 14.7. The number of hydrogen-bond donors (Lipinski definition) is 0. The van der Waals surface area contributed by atoms with Crippen LogP contribution in [0.25, 0.3) is 0 Å². The Kier molecular flexibility index (Phi) is 4.59. The molecular weight excluding hydrogens is 331 g/mol. The lowest BCUT2D eigenvalue weighted by atomic mass is 10.0. The highest BCUT2D eigenvalue weighted by molar-refractivity contribution is 7.90. The molecule has 2 atom stereocenters. The fraction of sp³-hybridized carbons (Fsp3) is 0.647. The van der Waals surface area contributed by atoms with E-state index in [0.29, 0.717) is 5.56 Å². The van der Waals surface area contributed by atoms with Crippen molar-refractivity contribution in [1.82, 2.24) is 0 Å². The van der Waals surface area contributed by atoms with Gasteiger partial charge in [0.25, 0.3) is 0 Å².